The molecule has 0 amide bonds. The molecule has 90 valence electrons. The van der Waals surface area contributed by atoms with Gasteiger partial charge < -0.3 is 10.2 Å². The van der Waals surface area contributed by atoms with Crippen molar-refractivity contribution in [2.75, 3.05) is 0 Å². The SMILES string of the molecule is CC(C)C(O)C(O)Cc1cccc(F)c1Br. The normalized spacial score (nSPS) is 15.2. The first-order chi connectivity index (χ1) is 7.43. The molecule has 1 aromatic rings. The van der Waals surface area contributed by atoms with Crippen molar-refractivity contribution in [2.45, 2.75) is 32.5 Å². The van der Waals surface area contributed by atoms with E-state index >= 15 is 0 Å². The molecule has 2 atom stereocenters. The Morgan fingerprint density at radius 2 is 1.94 bits per heavy atom. The second kappa shape index (κ2) is 5.75. The summed E-state index contributed by atoms with van der Waals surface area (Å²) in [5.41, 5.74) is 0.659. The van der Waals surface area contributed by atoms with E-state index in [-0.39, 0.29) is 18.2 Å². The first-order valence-electron chi connectivity index (χ1n) is 5.22. The summed E-state index contributed by atoms with van der Waals surface area (Å²) in [4.78, 5) is 0. The quantitative estimate of drug-likeness (QED) is 0.895. The average molecular weight is 291 g/mol. The lowest BCUT2D eigenvalue weighted by atomic mass is 9.96. The van der Waals surface area contributed by atoms with Gasteiger partial charge in [-0.3, -0.25) is 0 Å². The summed E-state index contributed by atoms with van der Waals surface area (Å²) in [6, 6.07) is 4.66. The van der Waals surface area contributed by atoms with E-state index in [9.17, 15) is 14.6 Å². The van der Waals surface area contributed by atoms with Crippen LogP contribution in [0.4, 0.5) is 4.39 Å². The number of aliphatic hydroxyl groups is 2. The van der Waals surface area contributed by atoms with Crippen LogP contribution in [0.5, 0.6) is 0 Å². The van der Waals surface area contributed by atoms with Gasteiger partial charge in [0.1, 0.15) is 5.82 Å². The van der Waals surface area contributed by atoms with Crippen molar-refractivity contribution >= 4 is 15.9 Å². The van der Waals surface area contributed by atoms with Gasteiger partial charge in [0.25, 0.3) is 0 Å². The Labute approximate surface area is 103 Å². The first kappa shape index (κ1) is 13.6. The molecule has 4 heteroatoms. The van der Waals surface area contributed by atoms with E-state index in [0.29, 0.717) is 10.0 Å². The molecule has 2 unspecified atom stereocenters. The number of halogens is 2. The smallest absolute Gasteiger partial charge is 0.137 e. The average Bonchev–Trinajstić information content (AvgIpc) is 2.23. The standard InChI is InChI=1S/C12H16BrFO2/c1-7(2)12(16)10(15)6-8-4-3-5-9(14)11(8)13/h3-5,7,10,12,15-16H,6H2,1-2H3. The molecule has 16 heavy (non-hydrogen) atoms. The molecule has 0 saturated carbocycles. The molecule has 1 aromatic carbocycles. The Morgan fingerprint density at radius 1 is 1.31 bits per heavy atom. The fourth-order valence-electron chi connectivity index (χ4n) is 1.50. The molecule has 0 spiro atoms. The van der Waals surface area contributed by atoms with Crippen molar-refractivity contribution in [3.8, 4) is 0 Å². The molecule has 0 radical (unpaired) electrons. The van der Waals surface area contributed by atoms with Gasteiger partial charge in [-0.2, -0.15) is 0 Å². The summed E-state index contributed by atoms with van der Waals surface area (Å²) < 4.78 is 13.6. The lowest BCUT2D eigenvalue weighted by molar-refractivity contribution is -0.00742. The van der Waals surface area contributed by atoms with Gasteiger partial charge in [0.05, 0.1) is 16.7 Å². The maximum atomic E-state index is 13.2. The van der Waals surface area contributed by atoms with Gasteiger partial charge in [0.15, 0.2) is 0 Å². The fourth-order valence-corrected chi connectivity index (χ4v) is 1.92. The lowest BCUT2D eigenvalue weighted by Gasteiger charge is -2.21. The van der Waals surface area contributed by atoms with Gasteiger partial charge in [0, 0.05) is 6.42 Å². The summed E-state index contributed by atoms with van der Waals surface area (Å²) in [5, 5.41) is 19.4. The molecule has 0 fully saturated rings. The Hall–Kier alpha value is -0.450. The lowest BCUT2D eigenvalue weighted by Crippen LogP contribution is -2.32. The highest BCUT2D eigenvalue weighted by atomic mass is 79.9. The highest BCUT2D eigenvalue weighted by molar-refractivity contribution is 9.10. The Morgan fingerprint density at radius 3 is 2.50 bits per heavy atom. The van der Waals surface area contributed by atoms with Gasteiger partial charge in [-0.05, 0) is 33.5 Å². The molecule has 0 aliphatic rings. The molecular weight excluding hydrogens is 275 g/mol. The minimum Gasteiger partial charge on any atom is -0.390 e. The van der Waals surface area contributed by atoms with Gasteiger partial charge in [-0.25, -0.2) is 4.39 Å². The van der Waals surface area contributed by atoms with E-state index in [0.717, 1.165) is 0 Å². The molecule has 0 aromatic heterocycles. The number of rotatable bonds is 4. The maximum absolute atomic E-state index is 13.2. The molecule has 0 heterocycles. The second-order valence-electron chi connectivity index (χ2n) is 4.22. The molecule has 1 rings (SSSR count). The zero-order chi connectivity index (χ0) is 12.3. The van der Waals surface area contributed by atoms with Crippen LogP contribution in [-0.2, 0) is 6.42 Å². The van der Waals surface area contributed by atoms with Gasteiger partial charge in [-0.1, -0.05) is 26.0 Å². The van der Waals surface area contributed by atoms with E-state index in [4.69, 9.17) is 0 Å². The zero-order valence-electron chi connectivity index (χ0n) is 9.32. The topological polar surface area (TPSA) is 40.5 Å². The Balaban J connectivity index is 2.77. The number of benzene rings is 1. The molecule has 2 N–H and O–H groups in total. The van der Waals surface area contributed by atoms with Gasteiger partial charge in [-0.15, -0.1) is 0 Å². The second-order valence-corrected chi connectivity index (χ2v) is 5.01. The predicted molar refractivity (Wildman–Crippen MR) is 64.7 cm³/mol. The van der Waals surface area contributed by atoms with Crippen LogP contribution in [-0.4, -0.2) is 22.4 Å². The van der Waals surface area contributed by atoms with Crippen LogP contribution in [0.3, 0.4) is 0 Å². The third-order valence-electron chi connectivity index (χ3n) is 2.54. The molecule has 0 aliphatic heterocycles. The molecule has 0 aliphatic carbocycles. The van der Waals surface area contributed by atoms with Crippen molar-refractivity contribution in [2.24, 2.45) is 5.92 Å². The highest BCUT2D eigenvalue weighted by Crippen LogP contribution is 2.23. The molecular formula is C12H16BrFO2. The third kappa shape index (κ3) is 3.27. The summed E-state index contributed by atoms with van der Waals surface area (Å²) >= 11 is 3.13. The Bertz CT molecular complexity index is 355. The summed E-state index contributed by atoms with van der Waals surface area (Å²) in [6.07, 6.45) is -1.44. The zero-order valence-corrected chi connectivity index (χ0v) is 10.9. The van der Waals surface area contributed by atoms with E-state index in [1.165, 1.54) is 6.07 Å². The van der Waals surface area contributed by atoms with E-state index < -0.39 is 12.2 Å². The van der Waals surface area contributed by atoms with Crippen molar-refractivity contribution < 1.29 is 14.6 Å². The Kier molecular flexibility index (Phi) is 4.89. The maximum Gasteiger partial charge on any atom is 0.137 e. The minimum absolute atomic E-state index is 0.0256. The third-order valence-corrected chi connectivity index (χ3v) is 3.43. The summed E-state index contributed by atoms with van der Waals surface area (Å²) in [6.45, 7) is 3.66. The molecule has 2 nitrogen and oxygen atoms in total. The van der Waals surface area contributed by atoms with Gasteiger partial charge in [0.2, 0.25) is 0 Å². The minimum atomic E-state index is -0.877. The van der Waals surface area contributed by atoms with Crippen molar-refractivity contribution in [1.82, 2.24) is 0 Å². The molecule has 0 saturated heterocycles. The van der Waals surface area contributed by atoms with Crippen LogP contribution in [0.2, 0.25) is 0 Å². The van der Waals surface area contributed by atoms with Crippen LogP contribution in [0, 0.1) is 11.7 Å². The van der Waals surface area contributed by atoms with Crippen LogP contribution in [0.1, 0.15) is 19.4 Å². The van der Waals surface area contributed by atoms with Crippen LogP contribution in [0.25, 0.3) is 0 Å². The van der Waals surface area contributed by atoms with Gasteiger partial charge >= 0.3 is 0 Å². The monoisotopic (exact) mass is 290 g/mol. The van der Waals surface area contributed by atoms with E-state index in [2.05, 4.69) is 15.9 Å². The fraction of sp³-hybridized carbons (Fsp3) is 0.500. The summed E-state index contributed by atoms with van der Waals surface area (Å²) in [7, 11) is 0. The van der Waals surface area contributed by atoms with Crippen molar-refractivity contribution in [3.05, 3.63) is 34.1 Å². The van der Waals surface area contributed by atoms with Crippen LogP contribution < -0.4 is 0 Å². The van der Waals surface area contributed by atoms with Crippen molar-refractivity contribution in [1.29, 1.82) is 0 Å². The largest absolute Gasteiger partial charge is 0.390 e. The van der Waals surface area contributed by atoms with Crippen molar-refractivity contribution in [3.63, 3.8) is 0 Å². The van der Waals surface area contributed by atoms with E-state index in [1.54, 1.807) is 12.1 Å². The number of hydrogen-bond donors (Lipinski definition) is 2. The first-order valence-corrected chi connectivity index (χ1v) is 6.01. The predicted octanol–water partition coefficient (Wildman–Crippen LogP) is 2.51. The molecule has 0 bridgehead atoms. The van der Waals surface area contributed by atoms with Crippen LogP contribution in [0.15, 0.2) is 22.7 Å². The number of hydrogen-bond acceptors (Lipinski definition) is 2. The van der Waals surface area contributed by atoms with E-state index in [1.807, 2.05) is 13.8 Å². The highest BCUT2D eigenvalue weighted by Gasteiger charge is 2.21. The van der Waals surface area contributed by atoms with Crippen LogP contribution >= 0.6 is 15.9 Å². The number of aliphatic hydroxyl groups excluding tert-OH is 2. The summed E-state index contributed by atoms with van der Waals surface area (Å²) in [5.74, 6) is -0.383.